The second-order valence-corrected chi connectivity index (χ2v) is 5.45. The maximum Gasteiger partial charge on any atom is 0.0984 e. The summed E-state index contributed by atoms with van der Waals surface area (Å²) in [5.41, 5.74) is 4.32. The first-order chi connectivity index (χ1) is 9.31. The van der Waals surface area contributed by atoms with Crippen LogP contribution >= 0.6 is 0 Å². The first-order valence-electron chi connectivity index (χ1n) is 7.40. The van der Waals surface area contributed by atoms with E-state index in [0.29, 0.717) is 12.2 Å². The van der Waals surface area contributed by atoms with Gasteiger partial charge in [0, 0.05) is 18.8 Å². The van der Waals surface area contributed by atoms with Gasteiger partial charge in [0.1, 0.15) is 0 Å². The van der Waals surface area contributed by atoms with Crippen LogP contribution in [0.25, 0.3) is 0 Å². The molecule has 2 heterocycles. The lowest BCUT2D eigenvalue weighted by Crippen LogP contribution is -2.33. The third-order valence-corrected chi connectivity index (χ3v) is 3.93. The largest absolute Gasteiger partial charge is 0.371 e. The van der Waals surface area contributed by atoms with E-state index in [1.807, 2.05) is 0 Å². The number of hydrogen-bond acceptors (Lipinski definition) is 3. The monoisotopic (exact) mass is 261 g/mol. The smallest absolute Gasteiger partial charge is 0.0984 e. The summed E-state index contributed by atoms with van der Waals surface area (Å²) < 4.78 is 10.9. The van der Waals surface area contributed by atoms with Crippen molar-refractivity contribution >= 4 is 5.69 Å². The zero-order chi connectivity index (χ0) is 13.2. The standard InChI is InChI=1S/C16H23NO2/c1-3-12-6-5-7-13(4-2)16(12)17(8-14-10-18-14)9-15-11-19-15/h5-7,14-15H,3-4,8-11H2,1-2H3. The van der Waals surface area contributed by atoms with Crippen LogP contribution in [-0.4, -0.2) is 38.5 Å². The van der Waals surface area contributed by atoms with Gasteiger partial charge < -0.3 is 14.4 Å². The lowest BCUT2D eigenvalue weighted by atomic mass is 10.0. The molecule has 3 rings (SSSR count). The minimum absolute atomic E-state index is 0.424. The van der Waals surface area contributed by atoms with Gasteiger partial charge in [0.05, 0.1) is 25.4 Å². The normalized spacial score (nSPS) is 24.3. The van der Waals surface area contributed by atoms with Gasteiger partial charge in [-0.25, -0.2) is 0 Å². The average molecular weight is 261 g/mol. The zero-order valence-electron chi connectivity index (χ0n) is 11.9. The second-order valence-electron chi connectivity index (χ2n) is 5.45. The van der Waals surface area contributed by atoms with Crippen molar-refractivity contribution in [1.29, 1.82) is 0 Å². The maximum absolute atomic E-state index is 5.43. The molecule has 2 aliphatic rings. The highest BCUT2D eigenvalue weighted by Crippen LogP contribution is 2.30. The Hall–Kier alpha value is -1.06. The molecule has 3 nitrogen and oxygen atoms in total. The molecule has 0 saturated carbocycles. The van der Waals surface area contributed by atoms with Crippen molar-refractivity contribution in [3.05, 3.63) is 29.3 Å². The minimum Gasteiger partial charge on any atom is -0.371 e. The number of ether oxygens (including phenoxy) is 2. The molecule has 2 fully saturated rings. The van der Waals surface area contributed by atoms with E-state index in [1.165, 1.54) is 16.8 Å². The maximum atomic E-state index is 5.43. The van der Waals surface area contributed by atoms with Gasteiger partial charge in [0.25, 0.3) is 0 Å². The average Bonchev–Trinajstić information content (AvgIpc) is 3.32. The number of nitrogens with zero attached hydrogens (tertiary/aromatic N) is 1. The predicted octanol–water partition coefficient (Wildman–Crippen LogP) is 2.42. The third-order valence-electron chi connectivity index (χ3n) is 3.93. The highest BCUT2D eigenvalue weighted by molar-refractivity contribution is 5.60. The van der Waals surface area contributed by atoms with E-state index >= 15 is 0 Å². The molecule has 1 aromatic carbocycles. The van der Waals surface area contributed by atoms with Crippen LogP contribution in [0.15, 0.2) is 18.2 Å². The highest BCUT2D eigenvalue weighted by Gasteiger charge is 2.32. The van der Waals surface area contributed by atoms with E-state index in [4.69, 9.17) is 9.47 Å². The van der Waals surface area contributed by atoms with Crippen LogP contribution in [0.1, 0.15) is 25.0 Å². The Morgan fingerprint density at radius 2 is 1.47 bits per heavy atom. The Morgan fingerprint density at radius 3 is 1.84 bits per heavy atom. The van der Waals surface area contributed by atoms with Gasteiger partial charge >= 0.3 is 0 Å². The molecule has 0 bridgehead atoms. The third kappa shape index (κ3) is 3.10. The second kappa shape index (κ2) is 5.51. The number of anilines is 1. The quantitative estimate of drug-likeness (QED) is 0.706. The summed E-state index contributed by atoms with van der Waals surface area (Å²) in [5.74, 6) is 0. The molecule has 0 radical (unpaired) electrons. The SMILES string of the molecule is CCc1cccc(CC)c1N(CC1CO1)CC1CO1. The van der Waals surface area contributed by atoms with Crippen molar-refractivity contribution in [2.24, 2.45) is 0 Å². The molecule has 0 aliphatic carbocycles. The molecular formula is C16H23NO2. The Bertz CT molecular complexity index is 402. The van der Waals surface area contributed by atoms with E-state index in [1.54, 1.807) is 0 Å². The number of epoxide rings is 2. The van der Waals surface area contributed by atoms with Crippen LogP contribution in [-0.2, 0) is 22.3 Å². The van der Waals surface area contributed by atoms with E-state index in [0.717, 1.165) is 39.1 Å². The Balaban J connectivity index is 1.89. The topological polar surface area (TPSA) is 28.3 Å². The summed E-state index contributed by atoms with van der Waals surface area (Å²) in [6, 6.07) is 6.69. The van der Waals surface area contributed by atoms with Crippen molar-refractivity contribution in [3.8, 4) is 0 Å². The molecule has 3 heteroatoms. The van der Waals surface area contributed by atoms with E-state index < -0.39 is 0 Å². The Morgan fingerprint density at radius 1 is 1.00 bits per heavy atom. The molecule has 0 amide bonds. The molecule has 2 atom stereocenters. The molecule has 2 aliphatic heterocycles. The number of para-hydroxylation sites is 1. The van der Waals surface area contributed by atoms with Crippen LogP contribution in [0.3, 0.4) is 0 Å². The molecule has 19 heavy (non-hydrogen) atoms. The van der Waals surface area contributed by atoms with Crippen molar-refractivity contribution in [2.75, 3.05) is 31.2 Å². The molecule has 0 N–H and O–H groups in total. The van der Waals surface area contributed by atoms with Crippen molar-refractivity contribution < 1.29 is 9.47 Å². The van der Waals surface area contributed by atoms with Crippen LogP contribution in [0.4, 0.5) is 5.69 Å². The fraction of sp³-hybridized carbons (Fsp3) is 0.625. The van der Waals surface area contributed by atoms with E-state index in [9.17, 15) is 0 Å². The van der Waals surface area contributed by atoms with Gasteiger partial charge in [0.15, 0.2) is 0 Å². The van der Waals surface area contributed by atoms with Crippen molar-refractivity contribution in [1.82, 2.24) is 0 Å². The first-order valence-corrected chi connectivity index (χ1v) is 7.40. The fourth-order valence-electron chi connectivity index (χ4n) is 2.72. The number of aryl methyl sites for hydroxylation is 2. The summed E-state index contributed by atoms with van der Waals surface area (Å²) >= 11 is 0. The molecule has 2 unspecified atom stereocenters. The molecule has 0 aromatic heterocycles. The summed E-state index contributed by atoms with van der Waals surface area (Å²) in [7, 11) is 0. The molecule has 2 saturated heterocycles. The first kappa shape index (κ1) is 12.9. The van der Waals surface area contributed by atoms with Gasteiger partial charge in [-0.15, -0.1) is 0 Å². The van der Waals surface area contributed by atoms with Gasteiger partial charge in [-0.1, -0.05) is 32.0 Å². The molecule has 104 valence electrons. The Labute approximate surface area is 115 Å². The van der Waals surface area contributed by atoms with E-state index in [-0.39, 0.29) is 0 Å². The lowest BCUT2D eigenvalue weighted by molar-refractivity contribution is 0.388. The van der Waals surface area contributed by atoms with Crippen molar-refractivity contribution in [2.45, 2.75) is 38.9 Å². The molecule has 1 aromatic rings. The summed E-state index contributed by atoms with van der Waals surface area (Å²) in [6.07, 6.45) is 3.01. The summed E-state index contributed by atoms with van der Waals surface area (Å²) in [4.78, 5) is 2.49. The summed E-state index contributed by atoms with van der Waals surface area (Å²) in [5, 5.41) is 0. The molecular weight excluding hydrogens is 238 g/mol. The minimum atomic E-state index is 0.424. The highest BCUT2D eigenvalue weighted by atomic mass is 16.6. The van der Waals surface area contributed by atoms with Gasteiger partial charge in [-0.05, 0) is 24.0 Å². The number of benzene rings is 1. The van der Waals surface area contributed by atoms with E-state index in [2.05, 4.69) is 36.9 Å². The summed E-state index contributed by atoms with van der Waals surface area (Å²) in [6.45, 7) is 8.30. The number of rotatable bonds is 7. The number of hydrogen-bond donors (Lipinski definition) is 0. The molecule has 0 spiro atoms. The van der Waals surface area contributed by atoms with Crippen LogP contribution < -0.4 is 4.90 Å². The predicted molar refractivity (Wildman–Crippen MR) is 76.9 cm³/mol. The van der Waals surface area contributed by atoms with Crippen LogP contribution in [0, 0.1) is 0 Å². The van der Waals surface area contributed by atoms with Gasteiger partial charge in [0.2, 0.25) is 0 Å². The van der Waals surface area contributed by atoms with Crippen LogP contribution in [0.5, 0.6) is 0 Å². The fourth-order valence-corrected chi connectivity index (χ4v) is 2.72. The van der Waals surface area contributed by atoms with Crippen LogP contribution in [0.2, 0.25) is 0 Å². The van der Waals surface area contributed by atoms with Crippen molar-refractivity contribution in [3.63, 3.8) is 0 Å². The van der Waals surface area contributed by atoms with Gasteiger partial charge in [-0.3, -0.25) is 0 Å². The van der Waals surface area contributed by atoms with Gasteiger partial charge in [-0.2, -0.15) is 0 Å². The lowest BCUT2D eigenvalue weighted by Gasteiger charge is -2.28. The Kier molecular flexibility index (Phi) is 3.76. The zero-order valence-corrected chi connectivity index (χ0v) is 11.9.